The maximum atomic E-state index is 12.7. The summed E-state index contributed by atoms with van der Waals surface area (Å²) in [5, 5.41) is 3.23. The molecule has 0 bridgehead atoms. The molecule has 1 N–H and O–H groups in total. The highest BCUT2D eigenvalue weighted by molar-refractivity contribution is 5.98. The quantitative estimate of drug-likeness (QED) is 0.875. The van der Waals surface area contributed by atoms with Crippen LogP contribution in [0.3, 0.4) is 0 Å². The lowest BCUT2D eigenvalue weighted by Crippen LogP contribution is -2.43. The first-order chi connectivity index (χ1) is 10.3. The highest BCUT2D eigenvalue weighted by Gasteiger charge is 2.26. The van der Waals surface area contributed by atoms with E-state index in [4.69, 9.17) is 4.74 Å². The van der Waals surface area contributed by atoms with E-state index in [1.165, 1.54) is 0 Å². The lowest BCUT2D eigenvalue weighted by molar-refractivity contribution is 0.00726. The normalized spacial score (nSPS) is 18.6. The van der Waals surface area contributed by atoms with Crippen LogP contribution in [-0.4, -0.2) is 48.1 Å². The van der Waals surface area contributed by atoms with E-state index in [1.807, 2.05) is 24.0 Å². The fourth-order valence-electron chi connectivity index (χ4n) is 2.63. The van der Waals surface area contributed by atoms with Crippen molar-refractivity contribution in [3.05, 3.63) is 23.9 Å². The zero-order valence-electron chi connectivity index (χ0n) is 13.0. The third-order valence-electron chi connectivity index (χ3n) is 3.65. The Balaban J connectivity index is 2.08. The average molecular weight is 291 g/mol. The number of nitrogens with one attached hydrogen (secondary N) is 1. The van der Waals surface area contributed by atoms with E-state index in [2.05, 4.69) is 17.2 Å². The molecule has 21 heavy (non-hydrogen) atoms. The van der Waals surface area contributed by atoms with Crippen LogP contribution in [-0.2, 0) is 4.74 Å². The molecule has 1 amide bonds. The lowest BCUT2D eigenvalue weighted by Gasteiger charge is -2.32. The number of amides is 1. The predicted molar refractivity (Wildman–Crippen MR) is 83.6 cm³/mol. The summed E-state index contributed by atoms with van der Waals surface area (Å²) in [5.41, 5.74) is 0.656. The Morgan fingerprint density at radius 2 is 2.38 bits per heavy atom. The van der Waals surface area contributed by atoms with Crippen molar-refractivity contribution >= 4 is 11.7 Å². The summed E-state index contributed by atoms with van der Waals surface area (Å²) in [6.07, 6.45) is 4.91. The standard InChI is InChI=1S/C16H25N3O2/c1-3-9-17-15-14(8-5-10-18-15)16(20)19-11-6-7-13(12-19)21-4-2/h5,8,10,13H,3-4,6-7,9,11-12H2,1-2H3,(H,17,18). The number of aromatic nitrogens is 1. The van der Waals surface area contributed by atoms with Gasteiger partial charge >= 0.3 is 0 Å². The van der Waals surface area contributed by atoms with E-state index in [-0.39, 0.29) is 12.0 Å². The summed E-state index contributed by atoms with van der Waals surface area (Å²) in [6, 6.07) is 3.66. The number of ether oxygens (including phenoxy) is 1. The predicted octanol–water partition coefficient (Wildman–Crippen LogP) is 2.54. The van der Waals surface area contributed by atoms with Gasteiger partial charge in [-0.05, 0) is 38.3 Å². The summed E-state index contributed by atoms with van der Waals surface area (Å²) in [4.78, 5) is 18.9. The summed E-state index contributed by atoms with van der Waals surface area (Å²) in [7, 11) is 0. The third kappa shape index (κ3) is 4.17. The van der Waals surface area contributed by atoms with Gasteiger partial charge in [-0.25, -0.2) is 4.98 Å². The van der Waals surface area contributed by atoms with Crippen molar-refractivity contribution in [2.75, 3.05) is 31.6 Å². The van der Waals surface area contributed by atoms with Crippen molar-refractivity contribution in [3.63, 3.8) is 0 Å². The molecule has 1 aromatic heterocycles. The Kier molecular flexibility index (Phi) is 5.99. The van der Waals surface area contributed by atoms with Gasteiger partial charge in [0.2, 0.25) is 0 Å². The summed E-state index contributed by atoms with van der Waals surface area (Å²) in [5.74, 6) is 0.731. The molecular formula is C16H25N3O2. The molecule has 0 aromatic carbocycles. The number of likely N-dealkylation sites (tertiary alicyclic amines) is 1. The van der Waals surface area contributed by atoms with Gasteiger partial charge < -0.3 is 15.0 Å². The molecule has 2 heterocycles. The highest BCUT2D eigenvalue weighted by Crippen LogP contribution is 2.19. The number of hydrogen-bond donors (Lipinski definition) is 1. The Hall–Kier alpha value is -1.62. The van der Waals surface area contributed by atoms with Gasteiger partial charge in [-0.2, -0.15) is 0 Å². The summed E-state index contributed by atoms with van der Waals surface area (Å²) < 4.78 is 5.67. The van der Waals surface area contributed by atoms with Crippen LogP contribution in [0.15, 0.2) is 18.3 Å². The first-order valence-corrected chi connectivity index (χ1v) is 7.86. The highest BCUT2D eigenvalue weighted by atomic mass is 16.5. The first-order valence-electron chi connectivity index (χ1n) is 7.86. The molecule has 1 aliphatic rings. The van der Waals surface area contributed by atoms with E-state index >= 15 is 0 Å². The van der Waals surface area contributed by atoms with Gasteiger partial charge in [0.05, 0.1) is 11.7 Å². The van der Waals surface area contributed by atoms with Gasteiger partial charge in [0.1, 0.15) is 5.82 Å². The van der Waals surface area contributed by atoms with Crippen LogP contribution < -0.4 is 5.32 Å². The Morgan fingerprint density at radius 1 is 1.52 bits per heavy atom. The van der Waals surface area contributed by atoms with Gasteiger partial charge in [0, 0.05) is 32.4 Å². The van der Waals surface area contributed by atoms with Gasteiger partial charge in [0.15, 0.2) is 0 Å². The minimum absolute atomic E-state index is 0.0473. The van der Waals surface area contributed by atoms with E-state index in [0.29, 0.717) is 24.5 Å². The lowest BCUT2D eigenvalue weighted by atomic mass is 10.1. The van der Waals surface area contributed by atoms with Crippen molar-refractivity contribution in [2.24, 2.45) is 0 Å². The molecule has 0 saturated carbocycles. The van der Waals surface area contributed by atoms with Gasteiger partial charge in [-0.3, -0.25) is 4.79 Å². The molecule has 116 valence electrons. The van der Waals surface area contributed by atoms with E-state index in [1.54, 1.807) is 6.20 Å². The van der Waals surface area contributed by atoms with E-state index in [9.17, 15) is 4.79 Å². The minimum Gasteiger partial charge on any atom is -0.377 e. The average Bonchev–Trinajstić information content (AvgIpc) is 2.53. The molecule has 5 nitrogen and oxygen atoms in total. The first kappa shape index (κ1) is 15.8. The van der Waals surface area contributed by atoms with Crippen molar-refractivity contribution < 1.29 is 9.53 Å². The second-order valence-electron chi connectivity index (χ2n) is 5.30. The monoisotopic (exact) mass is 291 g/mol. The van der Waals surface area contributed by atoms with Crippen LogP contribution >= 0.6 is 0 Å². The molecule has 0 aliphatic carbocycles. The fourth-order valence-corrected chi connectivity index (χ4v) is 2.63. The number of carbonyl (C=O) groups excluding carboxylic acids is 1. The maximum Gasteiger partial charge on any atom is 0.257 e. The Morgan fingerprint density at radius 3 is 3.14 bits per heavy atom. The van der Waals surface area contributed by atoms with Crippen LogP contribution in [0.2, 0.25) is 0 Å². The number of hydrogen-bond acceptors (Lipinski definition) is 4. The molecule has 0 radical (unpaired) electrons. The van der Waals surface area contributed by atoms with Crippen molar-refractivity contribution in [3.8, 4) is 0 Å². The largest absolute Gasteiger partial charge is 0.377 e. The molecule has 1 aliphatic heterocycles. The third-order valence-corrected chi connectivity index (χ3v) is 3.65. The van der Waals surface area contributed by atoms with Crippen LogP contribution in [0.25, 0.3) is 0 Å². The van der Waals surface area contributed by atoms with Gasteiger partial charge in [-0.15, -0.1) is 0 Å². The summed E-state index contributed by atoms with van der Waals surface area (Å²) >= 11 is 0. The number of anilines is 1. The van der Waals surface area contributed by atoms with Crippen molar-refractivity contribution in [1.82, 2.24) is 9.88 Å². The van der Waals surface area contributed by atoms with Crippen LogP contribution in [0.1, 0.15) is 43.5 Å². The molecule has 1 unspecified atom stereocenters. The molecule has 5 heteroatoms. The number of rotatable bonds is 6. The molecule has 1 atom stereocenters. The van der Waals surface area contributed by atoms with Crippen molar-refractivity contribution in [1.29, 1.82) is 0 Å². The number of carbonyl (C=O) groups is 1. The number of pyridine rings is 1. The molecule has 0 spiro atoms. The van der Waals surface area contributed by atoms with E-state index < -0.39 is 0 Å². The fraction of sp³-hybridized carbons (Fsp3) is 0.625. The molecular weight excluding hydrogens is 266 g/mol. The van der Waals surface area contributed by atoms with Crippen LogP contribution in [0.5, 0.6) is 0 Å². The van der Waals surface area contributed by atoms with Gasteiger partial charge in [-0.1, -0.05) is 6.92 Å². The van der Waals surface area contributed by atoms with Crippen LogP contribution in [0.4, 0.5) is 5.82 Å². The Bertz CT molecular complexity index is 463. The molecule has 2 rings (SSSR count). The molecule has 1 fully saturated rings. The second kappa shape index (κ2) is 7.98. The maximum absolute atomic E-state index is 12.7. The SMILES string of the molecule is CCCNc1ncccc1C(=O)N1CCCC(OCC)C1. The zero-order valence-corrected chi connectivity index (χ0v) is 13.0. The number of piperidine rings is 1. The molecule has 1 saturated heterocycles. The second-order valence-corrected chi connectivity index (χ2v) is 5.30. The Labute approximate surface area is 126 Å². The molecule has 1 aromatic rings. The number of nitrogens with zero attached hydrogens (tertiary/aromatic N) is 2. The van der Waals surface area contributed by atoms with Crippen molar-refractivity contribution in [2.45, 2.75) is 39.2 Å². The van der Waals surface area contributed by atoms with Crippen LogP contribution in [0, 0.1) is 0 Å². The zero-order chi connectivity index (χ0) is 15.1. The summed E-state index contributed by atoms with van der Waals surface area (Å²) in [6.45, 7) is 7.07. The minimum atomic E-state index is 0.0473. The smallest absolute Gasteiger partial charge is 0.257 e. The van der Waals surface area contributed by atoms with E-state index in [0.717, 1.165) is 32.4 Å². The van der Waals surface area contributed by atoms with Gasteiger partial charge in [0.25, 0.3) is 5.91 Å². The topological polar surface area (TPSA) is 54.5 Å².